The summed E-state index contributed by atoms with van der Waals surface area (Å²) in [7, 11) is 0. The molecular formula is C15H23NO2. The highest BCUT2D eigenvalue weighted by Crippen LogP contribution is 2.15. The van der Waals surface area contributed by atoms with Gasteiger partial charge in [0.15, 0.2) is 0 Å². The zero-order chi connectivity index (χ0) is 12.8. The number of morpholine rings is 1. The van der Waals surface area contributed by atoms with E-state index in [9.17, 15) is 0 Å². The maximum absolute atomic E-state index is 5.94. The lowest BCUT2D eigenvalue weighted by Gasteiger charge is -2.36. The average molecular weight is 249 g/mol. The molecule has 1 atom stereocenters. The van der Waals surface area contributed by atoms with Crippen LogP contribution in [0.4, 0.5) is 0 Å². The van der Waals surface area contributed by atoms with Crippen LogP contribution in [0.1, 0.15) is 19.4 Å². The molecule has 0 aromatic heterocycles. The first kappa shape index (κ1) is 13.5. The summed E-state index contributed by atoms with van der Waals surface area (Å²) < 4.78 is 11.6. The van der Waals surface area contributed by atoms with Crippen molar-refractivity contribution >= 4 is 0 Å². The predicted molar refractivity (Wildman–Crippen MR) is 72.8 cm³/mol. The Morgan fingerprint density at radius 1 is 1.33 bits per heavy atom. The lowest BCUT2D eigenvalue weighted by molar-refractivity contribution is -0.119. The van der Waals surface area contributed by atoms with E-state index in [2.05, 4.69) is 43.4 Å². The molecule has 0 bridgehead atoms. The van der Waals surface area contributed by atoms with Gasteiger partial charge in [-0.1, -0.05) is 30.3 Å². The Labute approximate surface area is 109 Å². The van der Waals surface area contributed by atoms with Gasteiger partial charge in [0.25, 0.3) is 0 Å². The van der Waals surface area contributed by atoms with E-state index in [4.69, 9.17) is 9.47 Å². The highest BCUT2D eigenvalue weighted by Gasteiger charge is 2.28. The van der Waals surface area contributed by atoms with Crippen LogP contribution >= 0.6 is 0 Å². The van der Waals surface area contributed by atoms with Crippen LogP contribution in [0.25, 0.3) is 0 Å². The van der Waals surface area contributed by atoms with Gasteiger partial charge in [0.2, 0.25) is 0 Å². The summed E-state index contributed by atoms with van der Waals surface area (Å²) in [6.45, 7) is 7.43. The van der Waals surface area contributed by atoms with Crippen molar-refractivity contribution in [2.45, 2.75) is 32.0 Å². The van der Waals surface area contributed by atoms with Crippen LogP contribution in [0.3, 0.4) is 0 Å². The maximum atomic E-state index is 5.94. The van der Waals surface area contributed by atoms with E-state index in [1.54, 1.807) is 0 Å². The Hall–Kier alpha value is -0.900. The van der Waals surface area contributed by atoms with E-state index >= 15 is 0 Å². The monoisotopic (exact) mass is 249 g/mol. The van der Waals surface area contributed by atoms with Gasteiger partial charge >= 0.3 is 0 Å². The molecule has 1 N–H and O–H groups in total. The van der Waals surface area contributed by atoms with Crippen LogP contribution in [0.2, 0.25) is 0 Å². The predicted octanol–water partition coefficient (Wildman–Crippen LogP) is 2.01. The van der Waals surface area contributed by atoms with Gasteiger partial charge in [-0.05, 0) is 25.8 Å². The number of hydrogen-bond acceptors (Lipinski definition) is 3. The van der Waals surface area contributed by atoms with E-state index in [-0.39, 0.29) is 11.7 Å². The van der Waals surface area contributed by atoms with Gasteiger partial charge in [0, 0.05) is 13.1 Å². The van der Waals surface area contributed by atoms with Crippen molar-refractivity contribution in [3.05, 3.63) is 35.9 Å². The summed E-state index contributed by atoms with van der Waals surface area (Å²) in [6.07, 6.45) is 1.13. The molecule has 0 saturated carbocycles. The summed E-state index contributed by atoms with van der Waals surface area (Å²) in [5, 5.41) is 3.38. The number of hydrogen-bond donors (Lipinski definition) is 1. The molecule has 1 aromatic rings. The first-order chi connectivity index (χ1) is 8.66. The first-order valence-corrected chi connectivity index (χ1v) is 6.66. The quantitative estimate of drug-likeness (QED) is 0.810. The van der Waals surface area contributed by atoms with E-state index in [1.165, 1.54) is 5.56 Å². The van der Waals surface area contributed by atoms with Crippen molar-refractivity contribution in [1.82, 2.24) is 5.32 Å². The van der Waals surface area contributed by atoms with Crippen LogP contribution in [0.5, 0.6) is 0 Å². The Kier molecular flexibility index (Phi) is 4.75. The van der Waals surface area contributed by atoms with E-state index < -0.39 is 0 Å². The number of benzene rings is 1. The molecule has 2 rings (SSSR count). The van der Waals surface area contributed by atoms with Crippen molar-refractivity contribution in [2.75, 3.05) is 26.3 Å². The molecule has 0 spiro atoms. The van der Waals surface area contributed by atoms with Gasteiger partial charge in [-0.2, -0.15) is 0 Å². The summed E-state index contributed by atoms with van der Waals surface area (Å²) in [6, 6.07) is 10.4. The van der Waals surface area contributed by atoms with Crippen LogP contribution in [-0.2, 0) is 15.9 Å². The third-order valence-electron chi connectivity index (χ3n) is 3.09. The Morgan fingerprint density at radius 3 is 2.83 bits per heavy atom. The third kappa shape index (κ3) is 4.41. The zero-order valence-electron chi connectivity index (χ0n) is 11.3. The highest BCUT2D eigenvalue weighted by molar-refractivity contribution is 5.14. The molecule has 0 radical (unpaired) electrons. The molecule has 1 heterocycles. The van der Waals surface area contributed by atoms with Crippen molar-refractivity contribution in [3.8, 4) is 0 Å². The van der Waals surface area contributed by atoms with Crippen LogP contribution in [-0.4, -0.2) is 38.0 Å². The van der Waals surface area contributed by atoms with Crippen molar-refractivity contribution < 1.29 is 9.47 Å². The van der Waals surface area contributed by atoms with Gasteiger partial charge in [-0.15, -0.1) is 0 Å². The molecule has 0 aliphatic carbocycles. The normalized spacial score (nSPS) is 22.9. The molecule has 1 aliphatic rings. The SMILES string of the molecule is CC1(C)CNCC(COCCc2ccccc2)O1. The lowest BCUT2D eigenvalue weighted by Crippen LogP contribution is -2.51. The Bertz CT molecular complexity index is 351. The van der Waals surface area contributed by atoms with Gasteiger partial charge in [-0.3, -0.25) is 0 Å². The molecule has 3 heteroatoms. The molecule has 18 heavy (non-hydrogen) atoms. The summed E-state index contributed by atoms with van der Waals surface area (Å²) in [5.74, 6) is 0. The minimum atomic E-state index is -0.0777. The van der Waals surface area contributed by atoms with Gasteiger partial charge in [0.05, 0.1) is 24.9 Å². The molecule has 1 fully saturated rings. The second kappa shape index (κ2) is 6.32. The van der Waals surface area contributed by atoms with Crippen LogP contribution in [0, 0.1) is 0 Å². The fraction of sp³-hybridized carbons (Fsp3) is 0.600. The molecule has 1 aromatic carbocycles. The Morgan fingerprint density at radius 2 is 2.11 bits per heavy atom. The van der Waals surface area contributed by atoms with Crippen molar-refractivity contribution in [1.29, 1.82) is 0 Å². The number of rotatable bonds is 5. The molecular weight excluding hydrogens is 226 g/mol. The van der Waals surface area contributed by atoms with E-state index in [1.807, 2.05) is 6.07 Å². The average Bonchev–Trinajstić information content (AvgIpc) is 2.35. The van der Waals surface area contributed by atoms with Crippen molar-refractivity contribution in [2.24, 2.45) is 0 Å². The minimum absolute atomic E-state index is 0.0777. The van der Waals surface area contributed by atoms with Gasteiger partial charge in [0.1, 0.15) is 0 Å². The van der Waals surface area contributed by atoms with E-state index in [0.717, 1.165) is 26.1 Å². The van der Waals surface area contributed by atoms with Crippen LogP contribution in [0.15, 0.2) is 30.3 Å². The molecule has 1 aliphatic heterocycles. The summed E-state index contributed by atoms with van der Waals surface area (Å²) in [4.78, 5) is 0. The minimum Gasteiger partial charge on any atom is -0.378 e. The van der Waals surface area contributed by atoms with Crippen molar-refractivity contribution in [3.63, 3.8) is 0 Å². The smallest absolute Gasteiger partial charge is 0.0940 e. The summed E-state index contributed by atoms with van der Waals surface area (Å²) >= 11 is 0. The largest absolute Gasteiger partial charge is 0.378 e. The topological polar surface area (TPSA) is 30.5 Å². The first-order valence-electron chi connectivity index (χ1n) is 6.66. The maximum Gasteiger partial charge on any atom is 0.0940 e. The zero-order valence-corrected chi connectivity index (χ0v) is 11.3. The molecule has 100 valence electrons. The van der Waals surface area contributed by atoms with E-state index in [0.29, 0.717) is 6.61 Å². The number of nitrogens with one attached hydrogen (secondary N) is 1. The second-order valence-corrected chi connectivity index (χ2v) is 5.44. The lowest BCUT2D eigenvalue weighted by atomic mass is 10.1. The molecule has 1 saturated heterocycles. The molecule has 3 nitrogen and oxygen atoms in total. The molecule has 1 unspecified atom stereocenters. The fourth-order valence-electron chi connectivity index (χ4n) is 2.21. The number of ether oxygens (including phenoxy) is 2. The third-order valence-corrected chi connectivity index (χ3v) is 3.09. The molecule has 0 amide bonds. The fourth-order valence-corrected chi connectivity index (χ4v) is 2.21. The van der Waals surface area contributed by atoms with Crippen LogP contribution < -0.4 is 5.32 Å². The van der Waals surface area contributed by atoms with Gasteiger partial charge < -0.3 is 14.8 Å². The Balaban J connectivity index is 1.64. The summed E-state index contributed by atoms with van der Waals surface area (Å²) in [5.41, 5.74) is 1.24. The highest BCUT2D eigenvalue weighted by atomic mass is 16.5. The standard InChI is InChI=1S/C15H23NO2/c1-15(2)12-16-10-14(18-15)11-17-9-8-13-6-4-3-5-7-13/h3-7,14,16H,8-12H2,1-2H3. The van der Waals surface area contributed by atoms with Gasteiger partial charge in [-0.25, -0.2) is 0 Å². The second-order valence-electron chi connectivity index (χ2n) is 5.44.